The zero-order valence-corrected chi connectivity index (χ0v) is 17.9. The van der Waals surface area contributed by atoms with Crippen LogP contribution in [0.2, 0.25) is 0 Å². The van der Waals surface area contributed by atoms with Crippen molar-refractivity contribution in [3.63, 3.8) is 0 Å². The first-order valence-corrected chi connectivity index (χ1v) is 9.34. The average molecular weight is 418 g/mol. The van der Waals surface area contributed by atoms with Crippen molar-refractivity contribution in [2.45, 2.75) is 91.2 Å². The van der Waals surface area contributed by atoms with Crippen molar-refractivity contribution in [2.75, 3.05) is 6.61 Å². The summed E-state index contributed by atoms with van der Waals surface area (Å²) in [6.45, 7) is 9.94. The van der Waals surface area contributed by atoms with Crippen LogP contribution in [0.15, 0.2) is 0 Å². The van der Waals surface area contributed by atoms with Crippen LogP contribution in [0.4, 0.5) is 0 Å². The van der Waals surface area contributed by atoms with E-state index in [0.29, 0.717) is 6.42 Å². The molecule has 0 radical (unpaired) electrons. The minimum Gasteiger partial charge on any atom is -0.463 e. The van der Waals surface area contributed by atoms with Crippen molar-refractivity contribution in [1.82, 2.24) is 0 Å². The van der Waals surface area contributed by atoms with E-state index in [0.717, 1.165) is 13.8 Å². The smallest absolute Gasteiger partial charge is 0.303 e. The fourth-order valence-corrected chi connectivity index (χ4v) is 2.68. The first-order chi connectivity index (χ1) is 13.4. The van der Waals surface area contributed by atoms with Crippen LogP contribution >= 0.6 is 0 Å². The third-order valence-electron chi connectivity index (χ3n) is 4.23. The Morgan fingerprint density at radius 1 is 0.793 bits per heavy atom. The standard InChI is InChI=1S/C19H30O10/c1-8-19(6,7)29-18-17(27-13(5)23)16(26-12(4)22)15(25-11(3)21)14(28-18)9-24-10(2)20/h14-18H,8-9H2,1-7H3/t14-,15-,16+,17+,18-/m1/s1. The highest BCUT2D eigenvalue weighted by Gasteiger charge is 2.53. The van der Waals surface area contributed by atoms with Crippen molar-refractivity contribution in [3.8, 4) is 0 Å². The second kappa shape index (κ2) is 10.5. The van der Waals surface area contributed by atoms with E-state index < -0.39 is 60.2 Å². The van der Waals surface area contributed by atoms with Gasteiger partial charge in [-0.1, -0.05) is 6.92 Å². The maximum Gasteiger partial charge on any atom is 0.303 e. The molecule has 0 saturated carbocycles. The lowest BCUT2D eigenvalue weighted by Gasteiger charge is -2.45. The van der Waals surface area contributed by atoms with Crippen LogP contribution < -0.4 is 0 Å². The second-order valence-corrected chi connectivity index (χ2v) is 7.30. The van der Waals surface area contributed by atoms with Gasteiger partial charge < -0.3 is 28.4 Å². The molecular formula is C19H30O10. The lowest BCUT2D eigenvalue weighted by molar-refractivity contribution is -0.327. The van der Waals surface area contributed by atoms with Gasteiger partial charge in [-0.05, 0) is 20.3 Å². The number of hydrogen-bond donors (Lipinski definition) is 0. The molecule has 10 heteroatoms. The molecule has 1 saturated heterocycles. The lowest BCUT2D eigenvalue weighted by atomic mass is 9.97. The average Bonchev–Trinajstić information content (AvgIpc) is 2.57. The molecule has 0 aromatic rings. The number of rotatable bonds is 8. The van der Waals surface area contributed by atoms with E-state index in [4.69, 9.17) is 28.4 Å². The van der Waals surface area contributed by atoms with E-state index in [1.54, 1.807) is 13.8 Å². The molecule has 0 aromatic heterocycles. The number of carbonyl (C=O) groups is 4. The highest BCUT2D eigenvalue weighted by molar-refractivity contribution is 5.68. The molecule has 0 aromatic carbocycles. The van der Waals surface area contributed by atoms with Crippen LogP contribution in [0.25, 0.3) is 0 Å². The molecule has 1 rings (SSSR count). The third kappa shape index (κ3) is 7.98. The van der Waals surface area contributed by atoms with E-state index in [-0.39, 0.29) is 6.61 Å². The summed E-state index contributed by atoms with van der Waals surface area (Å²) in [6, 6.07) is 0. The van der Waals surface area contributed by atoms with E-state index >= 15 is 0 Å². The highest BCUT2D eigenvalue weighted by Crippen LogP contribution is 2.32. The summed E-state index contributed by atoms with van der Waals surface area (Å²) in [7, 11) is 0. The molecule has 0 amide bonds. The van der Waals surface area contributed by atoms with Gasteiger partial charge in [-0.15, -0.1) is 0 Å². The predicted molar refractivity (Wildman–Crippen MR) is 97.4 cm³/mol. The van der Waals surface area contributed by atoms with Gasteiger partial charge in [0.25, 0.3) is 0 Å². The SMILES string of the molecule is CCC(C)(C)O[C@H]1O[C@H](COC(C)=O)[C@@H](OC(C)=O)[C@H](OC(C)=O)[C@@H]1OC(C)=O. The van der Waals surface area contributed by atoms with Crippen LogP contribution in [0, 0.1) is 0 Å². The largest absolute Gasteiger partial charge is 0.463 e. The van der Waals surface area contributed by atoms with Gasteiger partial charge >= 0.3 is 23.9 Å². The van der Waals surface area contributed by atoms with Gasteiger partial charge in [0, 0.05) is 27.7 Å². The van der Waals surface area contributed by atoms with Crippen molar-refractivity contribution >= 4 is 23.9 Å². The summed E-state index contributed by atoms with van der Waals surface area (Å²) < 4.78 is 32.8. The minimum atomic E-state index is -1.23. The lowest BCUT2D eigenvalue weighted by Crippen LogP contribution is -2.63. The molecule has 0 aliphatic carbocycles. The molecule has 10 nitrogen and oxygen atoms in total. The molecule has 0 unspecified atom stereocenters. The first-order valence-electron chi connectivity index (χ1n) is 9.34. The predicted octanol–water partition coefficient (Wildman–Crippen LogP) is 1.27. The summed E-state index contributed by atoms with van der Waals surface area (Å²) in [5.74, 6) is -2.62. The first kappa shape index (κ1) is 24.8. The number of hydrogen-bond acceptors (Lipinski definition) is 10. The Balaban J connectivity index is 3.35. The van der Waals surface area contributed by atoms with Crippen LogP contribution in [0.1, 0.15) is 54.9 Å². The third-order valence-corrected chi connectivity index (χ3v) is 4.23. The maximum absolute atomic E-state index is 11.7. The zero-order chi connectivity index (χ0) is 22.4. The van der Waals surface area contributed by atoms with Crippen molar-refractivity contribution < 1.29 is 47.6 Å². The Morgan fingerprint density at radius 3 is 1.72 bits per heavy atom. The van der Waals surface area contributed by atoms with Crippen LogP contribution in [-0.2, 0) is 47.6 Å². The van der Waals surface area contributed by atoms with Gasteiger partial charge in [-0.25, -0.2) is 0 Å². The Hall–Kier alpha value is -2.20. The van der Waals surface area contributed by atoms with Crippen molar-refractivity contribution in [1.29, 1.82) is 0 Å². The normalized spacial score (nSPS) is 26.9. The second-order valence-electron chi connectivity index (χ2n) is 7.30. The molecule has 0 N–H and O–H groups in total. The molecule has 166 valence electrons. The van der Waals surface area contributed by atoms with Gasteiger partial charge in [0.05, 0.1) is 5.60 Å². The van der Waals surface area contributed by atoms with Gasteiger partial charge in [-0.2, -0.15) is 0 Å². The summed E-state index contributed by atoms with van der Waals surface area (Å²) in [4.78, 5) is 46.3. The molecular weight excluding hydrogens is 388 g/mol. The van der Waals surface area contributed by atoms with E-state index in [2.05, 4.69) is 0 Å². The van der Waals surface area contributed by atoms with Crippen molar-refractivity contribution in [3.05, 3.63) is 0 Å². The van der Waals surface area contributed by atoms with Gasteiger partial charge in [0.1, 0.15) is 12.7 Å². The molecule has 1 fully saturated rings. The molecule has 1 aliphatic heterocycles. The Labute approximate surface area is 170 Å². The van der Waals surface area contributed by atoms with Gasteiger partial charge in [-0.3, -0.25) is 19.2 Å². The fourth-order valence-electron chi connectivity index (χ4n) is 2.68. The zero-order valence-electron chi connectivity index (χ0n) is 17.9. The summed E-state index contributed by atoms with van der Waals surface area (Å²) >= 11 is 0. The van der Waals surface area contributed by atoms with E-state index in [9.17, 15) is 19.2 Å². The topological polar surface area (TPSA) is 124 Å². The van der Waals surface area contributed by atoms with Crippen LogP contribution in [-0.4, -0.2) is 66.8 Å². The summed E-state index contributed by atoms with van der Waals surface area (Å²) in [6.07, 6.45) is -5.21. The summed E-state index contributed by atoms with van der Waals surface area (Å²) in [5.41, 5.74) is -0.676. The Bertz CT molecular complexity index is 614. The minimum absolute atomic E-state index is 0.287. The number of carbonyl (C=O) groups excluding carboxylic acids is 4. The quantitative estimate of drug-likeness (QED) is 0.420. The van der Waals surface area contributed by atoms with E-state index in [1.165, 1.54) is 13.8 Å². The molecule has 29 heavy (non-hydrogen) atoms. The Kier molecular flexibility index (Phi) is 9.03. The van der Waals surface area contributed by atoms with E-state index in [1.807, 2.05) is 6.92 Å². The summed E-state index contributed by atoms with van der Waals surface area (Å²) in [5, 5.41) is 0. The number of esters is 4. The fraction of sp³-hybridized carbons (Fsp3) is 0.789. The van der Waals surface area contributed by atoms with Gasteiger partial charge in [0.2, 0.25) is 0 Å². The van der Waals surface area contributed by atoms with Crippen molar-refractivity contribution in [2.24, 2.45) is 0 Å². The molecule has 0 spiro atoms. The monoisotopic (exact) mass is 418 g/mol. The molecule has 5 atom stereocenters. The highest BCUT2D eigenvalue weighted by atomic mass is 16.7. The molecule has 1 heterocycles. The Morgan fingerprint density at radius 2 is 1.28 bits per heavy atom. The van der Waals surface area contributed by atoms with Crippen LogP contribution in [0.3, 0.4) is 0 Å². The number of ether oxygens (including phenoxy) is 6. The maximum atomic E-state index is 11.7. The van der Waals surface area contributed by atoms with Crippen LogP contribution in [0.5, 0.6) is 0 Å². The molecule has 0 bridgehead atoms. The molecule has 1 aliphatic rings. The van der Waals surface area contributed by atoms with Gasteiger partial charge in [0.15, 0.2) is 24.6 Å².